The van der Waals surface area contributed by atoms with Gasteiger partial charge in [-0.15, -0.1) is 0 Å². The average Bonchev–Trinajstić information content (AvgIpc) is 1.18. The maximum absolute atomic E-state index is 13.1. The number of rotatable bonds is 72. The monoisotopic (exact) mass is 1380 g/mol. The molecule has 558 valence electrons. The molecule has 94 heavy (non-hydrogen) atoms. The molecule has 0 aliphatic heterocycles. The largest absolute Gasteiger partial charge is 0.472 e. The maximum Gasteiger partial charge on any atom is 0.472 e. The number of carbonyl (C=O) groups is 4. The summed E-state index contributed by atoms with van der Waals surface area (Å²) in [5.74, 6) is 0.949. The predicted octanol–water partition coefficient (Wildman–Crippen LogP) is 21.7. The van der Waals surface area contributed by atoms with Crippen molar-refractivity contribution in [2.45, 2.75) is 395 Å². The number of ether oxygens (including phenoxy) is 4. The number of esters is 4. The van der Waals surface area contributed by atoms with E-state index in [0.29, 0.717) is 31.6 Å². The van der Waals surface area contributed by atoms with E-state index in [1.54, 1.807) is 0 Å². The van der Waals surface area contributed by atoms with Gasteiger partial charge in [-0.05, 0) is 49.4 Å². The predicted molar refractivity (Wildman–Crippen MR) is 381 cm³/mol. The van der Waals surface area contributed by atoms with E-state index in [4.69, 9.17) is 37.0 Å². The van der Waals surface area contributed by atoms with Gasteiger partial charge < -0.3 is 33.8 Å². The maximum atomic E-state index is 13.1. The summed E-state index contributed by atoms with van der Waals surface area (Å²) < 4.78 is 68.4. The lowest BCUT2D eigenvalue weighted by atomic mass is 9.99. The van der Waals surface area contributed by atoms with Crippen molar-refractivity contribution in [2.75, 3.05) is 39.6 Å². The number of unbranched alkanes of at least 4 members (excludes halogenated alkanes) is 35. The van der Waals surface area contributed by atoms with Gasteiger partial charge >= 0.3 is 39.5 Å². The van der Waals surface area contributed by atoms with Crippen LogP contribution >= 0.6 is 15.6 Å². The van der Waals surface area contributed by atoms with Crippen LogP contribution in [-0.2, 0) is 65.4 Å². The molecule has 0 amide bonds. The summed E-state index contributed by atoms with van der Waals surface area (Å²) >= 11 is 0. The summed E-state index contributed by atoms with van der Waals surface area (Å²) in [4.78, 5) is 72.7. The van der Waals surface area contributed by atoms with Crippen LogP contribution in [0.3, 0.4) is 0 Å². The van der Waals surface area contributed by atoms with Gasteiger partial charge in [0.2, 0.25) is 0 Å². The van der Waals surface area contributed by atoms with Crippen LogP contribution in [0.2, 0.25) is 0 Å². The fourth-order valence-electron chi connectivity index (χ4n) is 11.3. The molecule has 0 radical (unpaired) electrons. The SMILES string of the molecule is CCC(C)CCCCCCCCCCCCCCCCCCCCC(=O)O[C@H](COC(=O)CCCCCCCCC(C)CC)COP(=O)(O)OC[C@H](O)COP(=O)(O)OC[C@@H](COC(=O)CCCCCCCCCC(C)C)OC(=O)CCCCCCCCCCC(C)CC. The number of carbonyl (C=O) groups excluding carboxylic acids is 4. The fraction of sp³-hybridized carbons (Fsp3) is 0.947. The van der Waals surface area contributed by atoms with Crippen LogP contribution in [0, 0.1) is 23.7 Å². The molecule has 0 saturated heterocycles. The number of aliphatic hydroxyl groups is 1. The molecular weight excluding hydrogens is 1230 g/mol. The number of aliphatic hydroxyl groups excluding tert-OH is 1. The highest BCUT2D eigenvalue weighted by Gasteiger charge is 2.30. The van der Waals surface area contributed by atoms with Gasteiger partial charge in [0.15, 0.2) is 12.2 Å². The van der Waals surface area contributed by atoms with Gasteiger partial charge in [-0.1, -0.05) is 325 Å². The Labute approximate surface area is 575 Å². The lowest BCUT2D eigenvalue weighted by Crippen LogP contribution is -2.30. The van der Waals surface area contributed by atoms with E-state index >= 15 is 0 Å². The van der Waals surface area contributed by atoms with Gasteiger partial charge in [0.05, 0.1) is 26.4 Å². The molecule has 3 N–H and O–H groups in total. The van der Waals surface area contributed by atoms with Gasteiger partial charge in [0.25, 0.3) is 0 Å². The standard InChI is InChI=1S/C75H146O17P2/c1-9-66(6)52-44-36-28-22-20-18-16-14-12-13-15-17-19-21-23-30-41-49-57-74(79)91-71(62-86-73(78)56-48-40-34-33-38-46-54-68(8)11-3)64-90-94(83,84)88-60-69(76)59-87-93(81,82)89-63-70(61-85-72(77)55-47-39-32-26-27-35-43-51-65(4)5)92-75(80)58-50-42-31-25-24-29-37-45-53-67(7)10-2/h65-71,76H,9-64H2,1-8H3,(H,81,82)(H,83,84)/t66?,67?,68?,69-,70-,71-/m1/s1. The van der Waals surface area contributed by atoms with Crippen LogP contribution in [-0.4, -0.2) is 96.7 Å². The first kappa shape index (κ1) is 92.1. The molecule has 0 aliphatic rings. The molecule has 0 fully saturated rings. The molecule has 19 heteroatoms. The van der Waals surface area contributed by atoms with Crippen LogP contribution in [0.5, 0.6) is 0 Å². The Bertz CT molecular complexity index is 1860. The molecule has 0 aromatic heterocycles. The first-order chi connectivity index (χ1) is 45.2. The minimum Gasteiger partial charge on any atom is -0.462 e. The van der Waals surface area contributed by atoms with E-state index in [-0.39, 0.29) is 25.7 Å². The van der Waals surface area contributed by atoms with Crippen molar-refractivity contribution in [2.24, 2.45) is 23.7 Å². The molecular formula is C75H146O17P2. The third kappa shape index (κ3) is 64.7. The van der Waals surface area contributed by atoms with Crippen molar-refractivity contribution in [3.05, 3.63) is 0 Å². The highest BCUT2D eigenvalue weighted by atomic mass is 31.2. The second-order valence-corrected chi connectivity index (χ2v) is 31.1. The molecule has 0 spiro atoms. The smallest absolute Gasteiger partial charge is 0.462 e. The number of phosphoric acid groups is 2. The van der Waals surface area contributed by atoms with E-state index in [0.717, 1.165) is 120 Å². The summed E-state index contributed by atoms with van der Waals surface area (Å²) in [6, 6.07) is 0. The first-order valence-corrected chi connectivity index (χ1v) is 41.8. The summed E-state index contributed by atoms with van der Waals surface area (Å²) in [6.45, 7) is 14.2. The lowest BCUT2D eigenvalue weighted by molar-refractivity contribution is -0.161. The number of hydrogen-bond acceptors (Lipinski definition) is 15. The van der Waals surface area contributed by atoms with Crippen LogP contribution in [0.25, 0.3) is 0 Å². The van der Waals surface area contributed by atoms with Crippen molar-refractivity contribution in [1.29, 1.82) is 0 Å². The topological polar surface area (TPSA) is 237 Å². The summed E-state index contributed by atoms with van der Waals surface area (Å²) in [5, 5.41) is 10.6. The lowest BCUT2D eigenvalue weighted by Gasteiger charge is -2.21. The molecule has 0 heterocycles. The second kappa shape index (κ2) is 64.4. The molecule has 8 atom stereocenters. The highest BCUT2D eigenvalue weighted by Crippen LogP contribution is 2.45. The van der Waals surface area contributed by atoms with Gasteiger partial charge in [-0.25, -0.2) is 9.13 Å². The van der Waals surface area contributed by atoms with Crippen LogP contribution in [0.15, 0.2) is 0 Å². The molecule has 17 nitrogen and oxygen atoms in total. The Morgan fingerprint density at radius 3 is 0.755 bits per heavy atom. The Morgan fingerprint density at radius 2 is 0.511 bits per heavy atom. The van der Waals surface area contributed by atoms with E-state index in [1.807, 2.05) is 0 Å². The van der Waals surface area contributed by atoms with Crippen molar-refractivity contribution >= 4 is 39.5 Å². The Balaban J connectivity index is 5.17. The van der Waals surface area contributed by atoms with E-state index < -0.39 is 97.5 Å². The van der Waals surface area contributed by atoms with Gasteiger partial charge in [-0.2, -0.15) is 0 Å². The second-order valence-electron chi connectivity index (χ2n) is 28.2. The Morgan fingerprint density at radius 1 is 0.298 bits per heavy atom. The molecule has 0 bridgehead atoms. The van der Waals surface area contributed by atoms with Gasteiger partial charge in [-0.3, -0.25) is 37.3 Å². The minimum absolute atomic E-state index is 0.104. The van der Waals surface area contributed by atoms with E-state index in [9.17, 15) is 43.2 Å². The molecule has 0 aromatic rings. The zero-order valence-electron chi connectivity index (χ0n) is 61.6. The Hall–Kier alpha value is -1.94. The number of phosphoric ester groups is 2. The zero-order chi connectivity index (χ0) is 69.6. The van der Waals surface area contributed by atoms with Crippen molar-refractivity contribution in [3.63, 3.8) is 0 Å². The first-order valence-electron chi connectivity index (χ1n) is 38.8. The van der Waals surface area contributed by atoms with Gasteiger partial charge in [0.1, 0.15) is 19.3 Å². The average molecular weight is 1380 g/mol. The van der Waals surface area contributed by atoms with Crippen molar-refractivity contribution in [3.8, 4) is 0 Å². The van der Waals surface area contributed by atoms with E-state index in [2.05, 4.69) is 55.4 Å². The van der Waals surface area contributed by atoms with Crippen LogP contribution in [0.4, 0.5) is 0 Å². The Kier molecular flexibility index (Phi) is 63.1. The summed E-state index contributed by atoms with van der Waals surface area (Å²) in [7, 11) is -9.91. The quantitative estimate of drug-likeness (QED) is 0.0222. The zero-order valence-corrected chi connectivity index (χ0v) is 63.4. The van der Waals surface area contributed by atoms with E-state index in [1.165, 1.54) is 167 Å². The molecule has 0 aliphatic carbocycles. The normalized spacial score (nSPS) is 15.0. The third-order valence-corrected chi connectivity index (χ3v) is 20.3. The van der Waals surface area contributed by atoms with Gasteiger partial charge in [0, 0.05) is 25.7 Å². The molecule has 0 saturated carbocycles. The van der Waals surface area contributed by atoms with Crippen molar-refractivity contribution < 1.29 is 80.2 Å². The van der Waals surface area contributed by atoms with Crippen LogP contribution < -0.4 is 0 Å². The third-order valence-electron chi connectivity index (χ3n) is 18.4. The van der Waals surface area contributed by atoms with Crippen LogP contribution in [0.1, 0.15) is 376 Å². The highest BCUT2D eigenvalue weighted by molar-refractivity contribution is 7.47. The molecule has 0 aromatic carbocycles. The summed E-state index contributed by atoms with van der Waals surface area (Å²) in [5.41, 5.74) is 0. The molecule has 5 unspecified atom stereocenters. The fourth-order valence-corrected chi connectivity index (χ4v) is 12.9. The minimum atomic E-state index is -4.96. The van der Waals surface area contributed by atoms with Crippen molar-refractivity contribution in [1.82, 2.24) is 0 Å². The summed E-state index contributed by atoms with van der Waals surface area (Å²) in [6.07, 6.45) is 48.8. The number of hydrogen-bond donors (Lipinski definition) is 3. The molecule has 0 rings (SSSR count).